The molecule has 0 bridgehead atoms. The molecule has 0 aliphatic carbocycles. The first-order valence-electron chi connectivity index (χ1n) is 9.75. The molecule has 0 unspecified atom stereocenters. The Morgan fingerprint density at radius 1 is 1.11 bits per heavy atom. The van der Waals surface area contributed by atoms with Crippen LogP contribution in [0.3, 0.4) is 0 Å². The van der Waals surface area contributed by atoms with Gasteiger partial charge >= 0.3 is 0 Å². The number of rotatable bonds is 5. The molecule has 2 aromatic rings. The number of sulfonamides is 1. The Balaban J connectivity index is 1.75. The molecule has 1 aliphatic heterocycles. The molecule has 0 radical (unpaired) electrons. The summed E-state index contributed by atoms with van der Waals surface area (Å²) in [5.41, 5.74) is 2.52. The van der Waals surface area contributed by atoms with Crippen molar-refractivity contribution < 1.29 is 13.2 Å². The van der Waals surface area contributed by atoms with Crippen molar-refractivity contribution in [1.82, 2.24) is 9.62 Å². The maximum absolute atomic E-state index is 12.9. The van der Waals surface area contributed by atoms with Crippen molar-refractivity contribution in [3.63, 3.8) is 0 Å². The molecule has 1 fully saturated rings. The number of hydrogen-bond donors (Lipinski definition) is 1. The fraction of sp³-hybridized carbons (Fsp3) is 0.409. The number of benzene rings is 2. The number of carbonyl (C=O) groups excluding carboxylic acids is 1. The monoisotopic (exact) mass is 400 g/mol. The Labute approximate surface area is 167 Å². The predicted octanol–water partition coefficient (Wildman–Crippen LogP) is 3.91. The molecule has 5 nitrogen and oxygen atoms in total. The van der Waals surface area contributed by atoms with Crippen LogP contribution in [-0.2, 0) is 10.0 Å². The van der Waals surface area contributed by atoms with Crippen molar-refractivity contribution in [3.8, 4) is 0 Å². The minimum absolute atomic E-state index is 0.169. The van der Waals surface area contributed by atoms with E-state index in [1.54, 1.807) is 18.2 Å². The lowest BCUT2D eigenvalue weighted by Crippen LogP contribution is -2.38. The largest absolute Gasteiger partial charge is 0.346 e. The molecule has 3 rings (SSSR count). The topological polar surface area (TPSA) is 66.5 Å². The molecule has 0 aromatic heterocycles. The predicted molar refractivity (Wildman–Crippen MR) is 111 cm³/mol. The SMILES string of the molecule is Cc1ccc([C@@H](C)NC(=O)c2cccc(S(=O)(=O)N3CCC(C)CC3)c2)cc1. The van der Waals surface area contributed by atoms with E-state index in [1.807, 2.05) is 38.1 Å². The first kappa shape index (κ1) is 20.6. The van der Waals surface area contributed by atoms with E-state index in [9.17, 15) is 13.2 Å². The fourth-order valence-corrected chi connectivity index (χ4v) is 4.91. The summed E-state index contributed by atoms with van der Waals surface area (Å²) in [4.78, 5) is 12.9. The number of nitrogens with zero attached hydrogens (tertiary/aromatic N) is 1. The average Bonchev–Trinajstić information content (AvgIpc) is 2.69. The van der Waals surface area contributed by atoms with Crippen molar-refractivity contribution in [3.05, 3.63) is 65.2 Å². The summed E-state index contributed by atoms with van der Waals surface area (Å²) in [6, 6.07) is 14.1. The molecule has 1 heterocycles. The van der Waals surface area contributed by atoms with Crippen LogP contribution in [0.5, 0.6) is 0 Å². The summed E-state index contributed by atoms with van der Waals surface area (Å²) >= 11 is 0. The highest BCUT2D eigenvalue weighted by atomic mass is 32.2. The zero-order chi connectivity index (χ0) is 20.3. The maximum atomic E-state index is 12.9. The van der Waals surface area contributed by atoms with E-state index >= 15 is 0 Å². The number of aryl methyl sites for hydroxylation is 1. The second kappa shape index (κ2) is 8.45. The van der Waals surface area contributed by atoms with Crippen molar-refractivity contribution in [2.45, 2.75) is 44.6 Å². The van der Waals surface area contributed by atoms with Crippen LogP contribution in [0, 0.1) is 12.8 Å². The highest BCUT2D eigenvalue weighted by Gasteiger charge is 2.28. The van der Waals surface area contributed by atoms with Gasteiger partial charge in [0.25, 0.3) is 5.91 Å². The second-order valence-corrected chi connectivity index (χ2v) is 9.66. The van der Waals surface area contributed by atoms with E-state index in [2.05, 4.69) is 12.2 Å². The highest BCUT2D eigenvalue weighted by molar-refractivity contribution is 7.89. The average molecular weight is 401 g/mol. The summed E-state index contributed by atoms with van der Waals surface area (Å²) in [6.07, 6.45) is 1.74. The Hall–Kier alpha value is -2.18. The fourth-order valence-electron chi connectivity index (χ4n) is 3.39. The van der Waals surface area contributed by atoms with Crippen LogP contribution >= 0.6 is 0 Å². The highest BCUT2D eigenvalue weighted by Crippen LogP contribution is 2.24. The van der Waals surface area contributed by atoms with Crippen LogP contribution < -0.4 is 5.32 Å². The zero-order valence-corrected chi connectivity index (χ0v) is 17.5. The molecule has 1 saturated heterocycles. The smallest absolute Gasteiger partial charge is 0.251 e. The van der Waals surface area contributed by atoms with E-state index in [4.69, 9.17) is 0 Å². The summed E-state index contributed by atoms with van der Waals surface area (Å²) in [6.45, 7) is 7.14. The third-order valence-corrected chi connectivity index (χ3v) is 7.30. The van der Waals surface area contributed by atoms with Gasteiger partial charge in [-0.3, -0.25) is 4.79 Å². The normalized spacial score (nSPS) is 17.2. The quantitative estimate of drug-likeness (QED) is 0.828. The van der Waals surface area contributed by atoms with Crippen molar-refractivity contribution in [2.75, 3.05) is 13.1 Å². The Morgan fingerprint density at radius 2 is 1.75 bits per heavy atom. The maximum Gasteiger partial charge on any atom is 0.251 e. The van der Waals surface area contributed by atoms with Crippen LogP contribution in [0.4, 0.5) is 0 Å². The lowest BCUT2D eigenvalue weighted by atomic mass is 10.0. The van der Waals surface area contributed by atoms with Crippen molar-refractivity contribution >= 4 is 15.9 Å². The molecule has 1 aliphatic rings. The van der Waals surface area contributed by atoms with Gasteiger partial charge in [-0.1, -0.05) is 42.8 Å². The first-order valence-corrected chi connectivity index (χ1v) is 11.2. The molecular formula is C22H28N2O3S. The van der Waals surface area contributed by atoms with Crippen LogP contribution in [0.1, 0.15) is 54.2 Å². The summed E-state index contributed by atoms with van der Waals surface area (Å²) in [7, 11) is -3.57. The molecule has 1 amide bonds. The van der Waals surface area contributed by atoms with Crippen molar-refractivity contribution in [1.29, 1.82) is 0 Å². The second-order valence-electron chi connectivity index (χ2n) is 7.72. The number of hydrogen-bond acceptors (Lipinski definition) is 3. The van der Waals surface area contributed by atoms with Crippen LogP contribution in [0.2, 0.25) is 0 Å². The van der Waals surface area contributed by atoms with Gasteiger partial charge in [-0.05, 0) is 56.4 Å². The van der Waals surface area contributed by atoms with Crippen LogP contribution in [0.15, 0.2) is 53.4 Å². The van der Waals surface area contributed by atoms with Crippen LogP contribution in [0.25, 0.3) is 0 Å². The van der Waals surface area contributed by atoms with E-state index in [1.165, 1.54) is 10.4 Å². The third-order valence-electron chi connectivity index (χ3n) is 5.40. The number of amides is 1. The Kier molecular flexibility index (Phi) is 6.20. The van der Waals surface area contributed by atoms with Crippen LogP contribution in [-0.4, -0.2) is 31.7 Å². The van der Waals surface area contributed by atoms with Gasteiger partial charge in [0.15, 0.2) is 0 Å². The van der Waals surface area contributed by atoms with E-state index < -0.39 is 10.0 Å². The van der Waals surface area contributed by atoms with Gasteiger partial charge in [-0.25, -0.2) is 8.42 Å². The van der Waals surface area contributed by atoms with Crippen molar-refractivity contribution in [2.24, 2.45) is 5.92 Å². The summed E-state index contributed by atoms with van der Waals surface area (Å²) in [5.74, 6) is 0.268. The lowest BCUT2D eigenvalue weighted by molar-refractivity contribution is 0.0939. The zero-order valence-electron chi connectivity index (χ0n) is 16.7. The first-order chi connectivity index (χ1) is 13.3. The molecule has 0 spiro atoms. The summed E-state index contributed by atoms with van der Waals surface area (Å²) in [5, 5.41) is 2.95. The molecule has 150 valence electrons. The van der Waals surface area contributed by atoms with Gasteiger partial charge in [-0.15, -0.1) is 0 Å². The van der Waals surface area contributed by atoms with Gasteiger partial charge in [-0.2, -0.15) is 4.31 Å². The van der Waals surface area contributed by atoms with Gasteiger partial charge < -0.3 is 5.32 Å². The third kappa shape index (κ3) is 4.62. The molecule has 1 atom stereocenters. The van der Waals surface area contributed by atoms with E-state index in [-0.39, 0.29) is 16.8 Å². The van der Waals surface area contributed by atoms with E-state index in [0.717, 1.165) is 24.0 Å². The molecule has 28 heavy (non-hydrogen) atoms. The molecule has 6 heteroatoms. The molecule has 0 saturated carbocycles. The molecule has 2 aromatic carbocycles. The Bertz CT molecular complexity index is 931. The van der Waals surface area contributed by atoms with Gasteiger partial charge in [0.1, 0.15) is 0 Å². The number of nitrogens with one attached hydrogen (secondary N) is 1. The number of carbonyl (C=O) groups is 1. The lowest BCUT2D eigenvalue weighted by Gasteiger charge is -2.29. The van der Waals surface area contributed by atoms with Gasteiger partial charge in [0.05, 0.1) is 10.9 Å². The molecule has 1 N–H and O–H groups in total. The number of piperidine rings is 1. The van der Waals surface area contributed by atoms with Gasteiger partial charge in [0, 0.05) is 18.7 Å². The van der Waals surface area contributed by atoms with E-state index in [0.29, 0.717) is 24.6 Å². The molecular weight excluding hydrogens is 372 g/mol. The Morgan fingerprint density at radius 3 is 2.39 bits per heavy atom. The minimum atomic E-state index is -3.57. The summed E-state index contributed by atoms with van der Waals surface area (Å²) < 4.78 is 27.4. The van der Waals surface area contributed by atoms with Gasteiger partial charge in [0.2, 0.25) is 10.0 Å². The standard InChI is InChI=1S/C22H28N2O3S/c1-16-7-9-19(10-8-16)18(3)23-22(25)20-5-4-6-21(15-20)28(26,27)24-13-11-17(2)12-14-24/h4-10,15,17-18H,11-14H2,1-3H3,(H,23,25)/t18-/m1/s1. The minimum Gasteiger partial charge on any atom is -0.346 e.